The zero-order chi connectivity index (χ0) is 24.6. The predicted molar refractivity (Wildman–Crippen MR) is 154 cm³/mol. The van der Waals surface area contributed by atoms with E-state index >= 15 is 0 Å². The molecule has 1 unspecified atom stereocenters. The van der Waals surface area contributed by atoms with Gasteiger partial charge in [-0.15, -0.1) is 0 Å². The van der Waals surface area contributed by atoms with Crippen molar-refractivity contribution in [2.75, 3.05) is 45.2 Å². The Morgan fingerprint density at radius 3 is 2.11 bits per heavy atom. The lowest BCUT2D eigenvalue weighted by molar-refractivity contribution is 0.229. The second-order valence-electron chi connectivity index (χ2n) is 10.0. The first-order valence-electron chi connectivity index (χ1n) is 12.2. The summed E-state index contributed by atoms with van der Waals surface area (Å²) in [5.74, 6) is 2.55. The number of piperazine rings is 1. The molecule has 1 saturated heterocycles. The van der Waals surface area contributed by atoms with Gasteiger partial charge in [0.2, 0.25) is 0 Å². The van der Waals surface area contributed by atoms with Crippen LogP contribution in [0.4, 0.5) is 11.4 Å². The molecule has 0 aliphatic carbocycles. The Morgan fingerprint density at radius 2 is 1.46 bits per heavy atom. The Kier molecular flexibility index (Phi) is 6.80. The first-order valence-corrected chi connectivity index (χ1v) is 14.8. The summed E-state index contributed by atoms with van der Waals surface area (Å²) < 4.78 is 9.42. The van der Waals surface area contributed by atoms with Crippen LogP contribution in [0.1, 0.15) is 19.4 Å². The van der Waals surface area contributed by atoms with E-state index in [1.807, 2.05) is 0 Å². The summed E-state index contributed by atoms with van der Waals surface area (Å²) >= 11 is 3.60. The van der Waals surface area contributed by atoms with Crippen LogP contribution in [0.5, 0.6) is 0 Å². The molecule has 182 valence electrons. The van der Waals surface area contributed by atoms with E-state index < -0.39 is 7.21 Å². The number of likely N-dealkylation sites (N-methyl/N-ethyl adjacent to an activating group) is 2. The van der Waals surface area contributed by atoms with Gasteiger partial charge in [-0.3, -0.25) is 4.67 Å². The third-order valence-electron chi connectivity index (χ3n) is 7.38. The van der Waals surface area contributed by atoms with E-state index in [0.29, 0.717) is 0 Å². The van der Waals surface area contributed by atoms with Crippen LogP contribution in [-0.2, 0) is 5.41 Å². The monoisotopic (exact) mass is 548 g/mol. The number of rotatable bonds is 4. The highest BCUT2D eigenvalue weighted by Gasteiger charge is 2.41. The number of benzene rings is 3. The Hall–Kier alpha value is -2.17. The Morgan fingerprint density at radius 1 is 0.829 bits per heavy atom. The van der Waals surface area contributed by atoms with Gasteiger partial charge in [-0.25, -0.2) is 4.74 Å². The van der Waals surface area contributed by atoms with Crippen molar-refractivity contribution in [1.82, 2.24) is 9.57 Å². The van der Waals surface area contributed by atoms with Crippen LogP contribution in [-0.4, -0.2) is 49.8 Å². The molecule has 0 saturated carbocycles. The zero-order valence-electron chi connectivity index (χ0n) is 21.0. The molecule has 1 fully saturated rings. The van der Waals surface area contributed by atoms with Crippen LogP contribution in [0.3, 0.4) is 0 Å². The molecule has 0 bridgehead atoms. The molecule has 4 nitrogen and oxygen atoms in total. The normalized spacial score (nSPS) is 21.1. The molecule has 2 aliphatic heterocycles. The van der Waals surface area contributed by atoms with Crippen molar-refractivity contribution < 1.29 is 0 Å². The van der Waals surface area contributed by atoms with Crippen LogP contribution < -0.4 is 10.2 Å². The van der Waals surface area contributed by atoms with Gasteiger partial charge >= 0.3 is 0 Å². The fourth-order valence-electron chi connectivity index (χ4n) is 5.30. The van der Waals surface area contributed by atoms with E-state index in [9.17, 15) is 0 Å². The zero-order valence-corrected chi connectivity index (χ0v) is 23.5. The van der Waals surface area contributed by atoms with Gasteiger partial charge in [0.1, 0.15) is 0 Å². The minimum absolute atomic E-state index is 0.104. The average molecular weight is 549 g/mol. The Labute approximate surface area is 218 Å². The minimum Gasteiger partial charge on any atom is -0.347 e. The van der Waals surface area contributed by atoms with E-state index in [1.165, 1.54) is 22.3 Å². The Bertz CT molecular complexity index is 1280. The number of nitrogens with zero attached hydrogens (tertiary/aromatic N) is 4. The first kappa shape index (κ1) is 24.5. The van der Waals surface area contributed by atoms with Crippen molar-refractivity contribution in [3.8, 4) is 0 Å². The minimum atomic E-state index is -2.27. The van der Waals surface area contributed by atoms with Gasteiger partial charge in [0.25, 0.3) is 0 Å². The molecule has 0 radical (unpaired) electrons. The van der Waals surface area contributed by atoms with Crippen LogP contribution in [0.25, 0.3) is 0 Å². The summed E-state index contributed by atoms with van der Waals surface area (Å²) in [4.78, 5) is 4.81. The van der Waals surface area contributed by atoms with Crippen molar-refractivity contribution in [3.05, 3.63) is 100 Å². The van der Waals surface area contributed by atoms with E-state index in [1.54, 1.807) is 0 Å². The fourth-order valence-corrected chi connectivity index (χ4v) is 9.23. The maximum atomic E-state index is 5.67. The second kappa shape index (κ2) is 9.71. The molecule has 3 aromatic carbocycles. The number of hydrogen-bond acceptors (Lipinski definition) is 3. The summed E-state index contributed by atoms with van der Waals surface area (Å²) in [5, 5.41) is 1.31. The molecule has 2 heterocycles. The highest BCUT2D eigenvalue weighted by Crippen LogP contribution is 2.60. The lowest BCUT2D eigenvalue weighted by Gasteiger charge is -2.41. The number of allylic oxidation sites excluding steroid dienone is 1. The van der Waals surface area contributed by atoms with Gasteiger partial charge in [-0.1, -0.05) is 78.3 Å². The molecule has 5 rings (SSSR count). The van der Waals surface area contributed by atoms with Crippen LogP contribution in [0.2, 0.25) is 0 Å². The second-order valence-corrected chi connectivity index (χ2v) is 13.8. The van der Waals surface area contributed by atoms with Gasteiger partial charge in [0.15, 0.2) is 0 Å². The van der Waals surface area contributed by atoms with Gasteiger partial charge in [-0.2, -0.15) is 0 Å². The van der Waals surface area contributed by atoms with Crippen molar-refractivity contribution in [2.45, 2.75) is 19.3 Å². The molecular formula is C29H34BrN4P. The third kappa shape index (κ3) is 4.56. The number of anilines is 1. The quantitative estimate of drug-likeness (QED) is 0.326. The maximum absolute atomic E-state index is 5.67. The van der Waals surface area contributed by atoms with Crippen molar-refractivity contribution in [2.24, 2.45) is 4.74 Å². The number of para-hydroxylation sites is 1. The van der Waals surface area contributed by atoms with Gasteiger partial charge in [0, 0.05) is 59.8 Å². The molecular weight excluding hydrogens is 515 g/mol. The summed E-state index contributed by atoms with van der Waals surface area (Å²) in [5.41, 5.74) is 4.92. The van der Waals surface area contributed by atoms with E-state index in [-0.39, 0.29) is 5.41 Å². The lowest BCUT2D eigenvalue weighted by Crippen LogP contribution is -2.44. The van der Waals surface area contributed by atoms with E-state index in [4.69, 9.17) is 4.74 Å². The molecule has 0 N–H and O–H groups in total. The standard InChI is InChI=1S/C29H34BrN4P/c1-29(2)26-12-8-9-13-27(26)33(4)28(29)22-35(25-10-6-5-7-11-25,34-20-18-32(3)19-21-34)31-24-16-14-23(30)15-17-24/h5-17,22H,18-21H2,1-4H3. The van der Waals surface area contributed by atoms with Crippen molar-refractivity contribution in [3.63, 3.8) is 0 Å². The average Bonchev–Trinajstić information content (AvgIpc) is 3.06. The molecule has 0 amide bonds. The van der Waals surface area contributed by atoms with Crippen LogP contribution >= 0.6 is 23.1 Å². The molecule has 0 spiro atoms. The number of fused-ring (bicyclic) bond motifs is 1. The van der Waals surface area contributed by atoms with Gasteiger partial charge in [-0.05, 0) is 48.8 Å². The molecule has 6 heteroatoms. The highest BCUT2D eigenvalue weighted by molar-refractivity contribution is 9.10. The summed E-state index contributed by atoms with van der Waals surface area (Å²) in [7, 11) is 2.16. The predicted octanol–water partition coefficient (Wildman–Crippen LogP) is 7.04. The summed E-state index contributed by atoms with van der Waals surface area (Å²) in [6, 6.07) is 28.3. The number of halogens is 1. The lowest BCUT2D eigenvalue weighted by atomic mass is 9.84. The van der Waals surface area contributed by atoms with Crippen molar-refractivity contribution in [1.29, 1.82) is 0 Å². The maximum Gasteiger partial charge on any atom is 0.0898 e. The molecule has 0 aromatic heterocycles. The van der Waals surface area contributed by atoms with E-state index in [2.05, 4.69) is 143 Å². The first-order chi connectivity index (χ1) is 16.8. The van der Waals surface area contributed by atoms with E-state index in [0.717, 1.165) is 36.3 Å². The van der Waals surface area contributed by atoms with Crippen LogP contribution in [0, 0.1) is 0 Å². The van der Waals surface area contributed by atoms with Gasteiger partial charge < -0.3 is 9.80 Å². The number of hydrogen-bond donors (Lipinski definition) is 0. The highest BCUT2D eigenvalue weighted by atomic mass is 79.9. The molecule has 1 atom stereocenters. The summed E-state index contributed by atoms with van der Waals surface area (Å²) in [6.45, 7) is 8.80. The largest absolute Gasteiger partial charge is 0.347 e. The molecule has 35 heavy (non-hydrogen) atoms. The molecule has 3 aromatic rings. The third-order valence-corrected chi connectivity index (χ3v) is 11.4. The Balaban J connectivity index is 1.79. The van der Waals surface area contributed by atoms with Gasteiger partial charge in [0.05, 0.1) is 12.9 Å². The van der Waals surface area contributed by atoms with Crippen molar-refractivity contribution >= 4 is 39.8 Å². The fraction of sp³-hybridized carbons (Fsp3) is 0.310. The topological polar surface area (TPSA) is 22.1 Å². The summed E-state index contributed by atoms with van der Waals surface area (Å²) in [6.07, 6.45) is 0. The van der Waals surface area contributed by atoms with Crippen LogP contribution in [0.15, 0.2) is 99.6 Å². The molecule has 2 aliphatic rings. The SMILES string of the molecule is CN1CCN(P(C=C2N(C)c3ccccc3C2(C)C)(=Nc2ccc(Br)cc2)c2ccccc2)CC1. The smallest absolute Gasteiger partial charge is 0.0898 e.